The van der Waals surface area contributed by atoms with E-state index in [1.807, 2.05) is 0 Å². The Labute approximate surface area is 93.1 Å². The second kappa shape index (κ2) is 3.77. The molecule has 0 bridgehead atoms. The van der Waals surface area contributed by atoms with Gasteiger partial charge in [0.05, 0.1) is 5.56 Å². The molecular weight excluding hydrogens is 214 g/mol. The van der Waals surface area contributed by atoms with E-state index in [9.17, 15) is 4.79 Å². The lowest BCUT2D eigenvalue weighted by atomic mass is 9.78. The molecular formula is C10H12ClN3O. The van der Waals surface area contributed by atoms with Crippen LogP contribution in [0.5, 0.6) is 0 Å². The van der Waals surface area contributed by atoms with Crippen LogP contribution in [0.4, 0.5) is 5.82 Å². The largest absolute Gasteiger partial charge is 0.364 e. The predicted molar refractivity (Wildman–Crippen MR) is 58.3 cm³/mol. The Kier molecular flexibility index (Phi) is 2.61. The molecule has 15 heavy (non-hydrogen) atoms. The first-order valence-electron chi connectivity index (χ1n) is 4.88. The zero-order valence-corrected chi connectivity index (χ0v) is 9.21. The van der Waals surface area contributed by atoms with Gasteiger partial charge in [-0.2, -0.15) is 0 Å². The van der Waals surface area contributed by atoms with Gasteiger partial charge in [-0.1, -0.05) is 11.6 Å². The third kappa shape index (κ3) is 1.95. The van der Waals surface area contributed by atoms with Crippen LogP contribution in [0.25, 0.3) is 0 Å². The predicted octanol–water partition coefficient (Wildman–Crippen LogP) is 2.30. The highest BCUT2D eigenvalue weighted by Gasteiger charge is 2.32. The highest BCUT2D eigenvalue weighted by Crippen LogP contribution is 2.35. The molecule has 1 aliphatic rings. The minimum atomic E-state index is 0.0510. The Morgan fingerprint density at radius 2 is 2.27 bits per heavy atom. The molecule has 0 saturated heterocycles. The van der Waals surface area contributed by atoms with Crippen molar-refractivity contribution in [3.8, 4) is 0 Å². The normalized spacial score (nSPS) is 18.0. The van der Waals surface area contributed by atoms with Crippen molar-refractivity contribution < 1.29 is 4.79 Å². The first-order valence-corrected chi connectivity index (χ1v) is 5.26. The van der Waals surface area contributed by atoms with Crippen LogP contribution in [-0.4, -0.2) is 21.8 Å². The van der Waals surface area contributed by atoms with Crippen molar-refractivity contribution >= 4 is 23.7 Å². The van der Waals surface area contributed by atoms with Crippen molar-refractivity contribution in [1.29, 1.82) is 0 Å². The zero-order chi connectivity index (χ0) is 10.9. The number of anilines is 1. The molecule has 80 valence electrons. The number of rotatable bonds is 3. The molecule has 0 spiro atoms. The Hall–Kier alpha value is -1.16. The van der Waals surface area contributed by atoms with Gasteiger partial charge in [0.2, 0.25) is 0 Å². The van der Waals surface area contributed by atoms with E-state index in [0.717, 1.165) is 12.8 Å². The zero-order valence-electron chi connectivity index (χ0n) is 8.46. The van der Waals surface area contributed by atoms with Crippen LogP contribution >= 0.6 is 11.6 Å². The number of nitrogens with zero attached hydrogens (tertiary/aromatic N) is 2. The van der Waals surface area contributed by atoms with Gasteiger partial charge >= 0.3 is 0 Å². The van der Waals surface area contributed by atoms with Gasteiger partial charge in [0.15, 0.2) is 6.29 Å². The summed E-state index contributed by atoms with van der Waals surface area (Å²) in [5.74, 6) is 0.534. The van der Waals surface area contributed by atoms with Crippen molar-refractivity contribution in [1.82, 2.24) is 9.97 Å². The Balaban J connectivity index is 2.27. The number of aldehydes is 1. The summed E-state index contributed by atoms with van der Waals surface area (Å²) >= 11 is 5.80. The minimum Gasteiger partial charge on any atom is -0.364 e. The maximum Gasteiger partial charge on any atom is 0.156 e. The molecule has 1 aromatic rings. The maximum absolute atomic E-state index is 10.8. The summed E-state index contributed by atoms with van der Waals surface area (Å²) < 4.78 is 0. The summed E-state index contributed by atoms with van der Waals surface area (Å²) in [7, 11) is 0. The molecule has 1 aromatic heterocycles. The van der Waals surface area contributed by atoms with E-state index in [-0.39, 0.29) is 10.7 Å². The van der Waals surface area contributed by atoms with E-state index in [4.69, 9.17) is 11.6 Å². The molecule has 0 aromatic carbocycles. The topological polar surface area (TPSA) is 54.9 Å². The molecule has 1 N–H and O–H groups in total. The third-order valence-electron chi connectivity index (χ3n) is 2.83. The van der Waals surface area contributed by atoms with Gasteiger partial charge in [-0.3, -0.25) is 4.79 Å². The summed E-state index contributed by atoms with van der Waals surface area (Å²) in [6, 6.07) is 0. The van der Waals surface area contributed by atoms with Crippen LogP contribution in [0.2, 0.25) is 5.15 Å². The Morgan fingerprint density at radius 1 is 1.53 bits per heavy atom. The number of aromatic nitrogens is 2. The molecule has 0 unspecified atom stereocenters. The van der Waals surface area contributed by atoms with Crippen molar-refractivity contribution in [3.63, 3.8) is 0 Å². The summed E-state index contributed by atoms with van der Waals surface area (Å²) in [4.78, 5) is 18.6. The third-order valence-corrected chi connectivity index (χ3v) is 3.13. The highest BCUT2D eigenvalue weighted by molar-refractivity contribution is 6.32. The van der Waals surface area contributed by atoms with E-state index in [2.05, 4.69) is 22.2 Å². The number of carbonyl (C=O) groups is 1. The summed E-state index contributed by atoms with van der Waals surface area (Å²) in [6.45, 7) is 2.11. The molecule has 1 saturated carbocycles. The van der Waals surface area contributed by atoms with Crippen molar-refractivity contribution in [2.75, 3.05) is 5.32 Å². The first kappa shape index (κ1) is 10.4. The average Bonchev–Trinajstić information content (AvgIpc) is 2.16. The van der Waals surface area contributed by atoms with Crippen LogP contribution in [-0.2, 0) is 0 Å². The fraction of sp³-hybridized carbons (Fsp3) is 0.500. The number of nitrogens with one attached hydrogen (secondary N) is 1. The van der Waals surface area contributed by atoms with Gasteiger partial charge < -0.3 is 5.32 Å². The second-order valence-electron chi connectivity index (χ2n) is 4.08. The van der Waals surface area contributed by atoms with E-state index >= 15 is 0 Å². The van der Waals surface area contributed by atoms with Crippen molar-refractivity contribution in [2.24, 2.45) is 0 Å². The van der Waals surface area contributed by atoms with Gasteiger partial charge in [-0.25, -0.2) is 9.97 Å². The van der Waals surface area contributed by atoms with E-state index < -0.39 is 0 Å². The van der Waals surface area contributed by atoms with Gasteiger partial charge in [0.25, 0.3) is 0 Å². The van der Waals surface area contributed by atoms with Gasteiger partial charge in [-0.05, 0) is 26.2 Å². The lowest BCUT2D eigenvalue weighted by Crippen LogP contribution is -2.42. The number of hydrogen-bond donors (Lipinski definition) is 1. The monoisotopic (exact) mass is 225 g/mol. The Morgan fingerprint density at radius 3 is 2.80 bits per heavy atom. The van der Waals surface area contributed by atoms with E-state index in [1.165, 1.54) is 12.7 Å². The van der Waals surface area contributed by atoms with E-state index in [1.54, 1.807) is 0 Å². The van der Waals surface area contributed by atoms with Crippen LogP contribution < -0.4 is 5.32 Å². The van der Waals surface area contributed by atoms with Crippen LogP contribution in [0.15, 0.2) is 6.33 Å². The smallest absolute Gasteiger partial charge is 0.156 e. The lowest BCUT2D eigenvalue weighted by Gasteiger charge is -2.39. The maximum atomic E-state index is 10.8. The highest BCUT2D eigenvalue weighted by atomic mass is 35.5. The quantitative estimate of drug-likeness (QED) is 0.634. The standard InChI is InChI=1S/C10H12ClN3O/c1-10(3-2-4-10)14-9-7(5-15)8(11)12-6-13-9/h5-6H,2-4H2,1H3,(H,12,13,14). The van der Waals surface area contributed by atoms with E-state index in [0.29, 0.717) is 17.7 Å². The fourth-order valence-corrected chi connectivity index (χ4v) is 1.87. The molecule has 2 rings (SSSR count). The van der Waals surface area contributed by atoms with Crippen LogP contribution in [0.3, 0.4) is 0 Å². The lowest BCUT2D eigenvalue weighted by molar-refractivity contribution is 0.112. The second-order valence-corrected chi connectivity index (χ2v) is 4.44. The molecule has 0 radical (unpaired) electrons. The molecule has 0 amide bonds. The van der Waals surface area contributed by atoms with Crippen LogP contribution in [0.1, 0.15) is 36.5 Å². The van der Waals surface area contributed by atoms with Crippen molar-refractivity contribution in [3.05, 3.63) is 17.0 Å². The molecule has 5 heteroatoms. The molecule has 4 nitrogen and oxygen atoms in total. The first-order chi connectivity index (χ1) is 7.14. The SMILES string of the molecule is CC1(Nc2ncnc(Cl)c2C=O)CCC1. The fourth-order valence-electron chi connectivity index (χ4n) is 1.70. The molecule has 0 aliphatic heterocycles. The minimum absolute atomic E-state index is 0.0510. The van der Waals surface area contributed by atoms with Gasteiger partial charge in [-0.15, -0.1) is 0 Å². The summed E-state index contributed by atoms with van der Waals surface area (Å²) in [5, 5.41) is 3.45. The summed E-state index contributed by atoms with van der Waals surface area (Å²) in [5.41, 5.74) is 0.391. The molecule has 0 atom stereocenters. The average molecular weight is 226 g/mol. The number of hydrogen-bond acceptors (Lipinski definition) is 4. The van der Waals surface area contributed by atoms with Crippen molar-refractivity contribution in [2.45, 2.75) is 31.7 Å². The Bertz CT molecular complexity index is 390. The van der Waals surface area contributed by atoms with Crippen LogP contribution in [0, 0.1) is 0 Å². The molecule has 1 aliphatic carbocycles. The van der Waals surface area contributed by atoms with Gasteiger partial charge in [0, 0.05) is 5.54 Å². The molecule has 1 heterocycles. The molecule has 1 fully saturated rings. The van der Waals surface area contributed by atoms with Gasteiger partial charge in [0.1, 0.15) is 17.3 Å². The summed E-state index contributed by atoms with van der Waals surface area (Å²) in [6.07, 6.45) is 5.44. The number of halogens is 1. The number of carbonyl (C=O) groups excluding carboxylic acids is 1.